The number of aliphatic hydroxyl groups is 1. The van der Waals surface area contributed by atoms with Crippen molar-refractivity contribution in [2.45, 2.75) is 26.9 Å². The Morgan fingerprint density at radius 3 is 2.50 bits per heavy atom. The fourth-order valence-corrected chi connectivity index (χ4v) is 0.572. The summed E-state index contributed by atoms with van der Waals surface area (Å²) < 4.78 is 0. The van der Waals surface area contributed by atoms with Crippen molar-refractivity contribution < 1.29 is 9.90 Å². The molecule has 0 rings (SSSR count). The molecule has 12 heavy (non-hydrogen) atoms. The van der Waals surface area contributed by atoms with Crippen LogP contribution in [0.15, 0.2) is 0 Å². The van der Waals surface area contributed by atoms with Crippen molar-refractivity contribution >= 4 is 5.91 Å². The predicted molar refractivity (Wildman–Crippen MR) is 47.5 cm³/mol. The van der Waals surface area contributed by atoms with Gasteiger partial charge < -0.3 is 16.2 Å². The lowest BCUT2D eigenvalue weighted by atomic mass is 9.93. The average Bonchev–Trinajstić information content (AvgIpc) is 2.00. The molecule has 4 nitrogen and oxygen atoms in total. The Hall–Kier alpha value is -0.610. The van der Waals surface area contributed by atoms with E-state index in [4.69, 9.17) is 10.8 Å². The molecule has 0 aromatic heterocycles. The largest absolute Gasteiger partial charge is 0.392 e. The van der Waals surface area contributed by atoms with Crippen molar-refractivity contribution in [2.75, 3.05) is 13.1 Å². The molecule has 0 aromatic rings. The second-order valence-corrected chi connectivity index (χ2v) is 3.65. The smallest absolute Gasteiger partial charge is 0.227 e. The van der Waals surface area contributed by atoms with Gasteiger partial charge in [0.25, 0.3) is 0 Å². The van der Waals surface area contributed by atoms with E-state index in [1.807, 2.05) is 0 Å². The number of nitrogens with one attached hydrogen (secondary N) is 1. The van der Waals surface area contributed by atoms with Gasteiger partial charge in [-0.1, -0.05) is 0 Å². The van der Waals surface area contributed by atoms with Gasteiger partial charge in [-0.15, -0.1) is 0 Å². The Labute approximate surface area is 73.1 Å². The van der Waals surface area contributed by atoms with E-state index in [1.165, 1.54) is 0 Å². The molecule has 0 spiro atoms. The second kappa shape index (κ2) is 4.42. The lowest BCUT2D eigenvalue weighted by Gasteiger charge is -2.21. The minimum Gasteiger partial charge on any atom is -0.392 e. The van der Waals surface area contributed by atoms with Crippen LogP contribution in [0.1, 0.15) is 20.8 Å². The van der Waals surface area contributed by atoms with Crippen LogP contribution in [0.2, 0.25) is 0 Å². The molecule has 4 heteroatoms. The highest BCUT2D eigenvalue weighted by atomic mass is 16.3. The summed E-state index contributed by atoms with van der Waals surface area (Å²) in [6.07, 6.45) is -0.512. The summed E-state index contributed by atoms with van der Waals surface area (Å²) in [5.74, 6) is -0.120. The molecule has 0 heterocycles. The van der Waals surface area contributed by atoms with Gasteiger partial charge in [-0.3, -0.25) is 4.79 Å². The first-order valence-electron chi connectivity index (χ1n) is 4.06. The van der Waals surface area contributed by atoms with Crippen LogP contribution in [-0.2, 0) is 4.79 Å². The van der Waals surface area contributed by atoms with Gasteiger partial charge in [0.1, 0.15) is 0 Å². The normalized spacial score (nSPS) is 14.1. The number of nitrogens with two attached hydrogens (primary N) is 1. The molecule has 0 aromatic carbocycles. The minimum atomic E-state index is -0.547. The summed E-state index contributed by atoms with van der Waals surface area (Å²) in [7, 11) is 0. The predicted octanol–water partition coefficient (Wildman–Crippen LogP) is -0.532. The van der Waals surface area contributed by atoms with Gasteiger partial charge in [-0.25, -0.2) is 0 Å². The van der Waals surface area contributed by atoms with E-state index in [0.29, 0.717) is 6.54 Å². The minimum absolute atomic E-state index is 0.120. The van der Waals surface area contributed by atoms with Crippen LogP contribution in [0.5, 0.6) is 0 Å². The fourth-order valence-electron chi connectivity index (χ4n) is 0.572. The van der Waals surface area contributed by atoms with E-state index in [9.17, 15) is 4.79 Å². The molecule has 0 aliphatic heterocycles. The maximum Gasteiger partial charge on any atom is 0.227 e. The van der Waals surface area contributed by atoms with E-state index in [-0.39, 0.29) is 12.5 Å². The summed E-state index contributed by atoms with van der Waals surface area (Å²) in [6.45, 7) is 5.74. The van der Waals surface area contributed by atoms with Gasteiger partial charge in [0.15, 0.2) is 0 Å². The van der Waals surface area contributed by atoms with Crippen LogP contribution in [0, 0.1) is 5.41 Å². The Balaban J connectivity index is 3.88. The maximum atomic E-state index is 11.3. The zero-order valence-electron chi connectivity index (χ0n) is 7.92. The SMILES string of the molecule is C[C@H](O)CNC(=O)C(C)(C)CN. The molecular weight excluding hydrogens is 156 g/mol. The molecular formula is C8H18N2O2. The topological polar surface area (TPSA) is 75.3 Å². The molecule has 0 saturated carbocycles. The summed E-state index contributed by atoms with van der Waals surface area (Å²) in [5.41, 5.74) is 4.84. The van der Waals surface area contributed by atoms with Gasteiger partial charge in [-0.2, -0.15) is 0 Å². The molecule has 0 bridgehead atoms. The first kappa shape index (κ1) is 11.4. The van der Waals surface area contributed by atoms with Crippen LogP contribution in [-0.4, -0.2) is 30.2 Å². The van der Waals surface area contributed by atoms with Gasteiger partial charge in [0, 0.05) is 13.1 Å². The van der Waals surface area contributed by atoms with Crippen LogP contribution >= 0.6 is 0 Å². The first-order chi connectivity index (χ1) is 5.40. The molecule has 0 aliphatic rings. The quantitative estimate of drug-likeness (QED) is 0.536. The number of hydrogen-bond donors (Lipinski definition) is 3. The van der Waals surface area contributed by atoms with Gasteiger partial charge in [0.2, 0.25) is 5.91 Å². The maximum absolute atomic E-state index is 11.3. The molecule has 1 atom stereocenters. The molecule has 0 radical (unpaired) electrons. The summed E-state index contributed by atoms with van der Waals surface area (Å²) in [4.78, 5) is 11.3. The van der Waals surface area contributed by atoms with Crippen molar-refractivity contribution in [2.24, 2.45) is 11.1 Å². The van der Waals surface area contributed by atoms with Gasteiger partial charge in [-0.05, 0) is 20.8 Å². The van der Waals surface area contributed by atoms with E-state index in [0.717, 1.165) is 0 Å². The monoisotopic (exact) mass is 174 g/mol. The third-order valence-corrected chi connectivity index (χ3v) is 1.68. The van der Waals surface area contributed by atoms with Gasteiger partial charge in [0.05, 0.1) is 11.5 Å². The number of hydrogen-bond acceptors (Lipinski definition) is 3. The Kier molecular flexibility index (Phi) is 4.20. The highest BCUT2D eigenvalue weighted by Gasteiger charge is 2.25. The van der Waals surface area contributed by atoms with Crippen molar-refractivity contribution in [1.29, 1.82) is 0 Å². The van der Waals surface area contributed by atoms with E-state index in [2.05, 4.69) is 5.32 Å². The Morgan fingerprint density at radius 1 is 1.67 bits per heavy atom. The first-order valence-corrected chi connectivity index (χ1v) is 4.06. The zero-order chi connectivity index (χ0) is 9.78. The average molecular weight is 174 g/mol. The number of rotatable bonds is 4. The number of carbonyl (C=O) groups excluding carboxylic acids is 1. The zero-order valence-corrected chi connectivity index (χ0v) is 7.92. The summed E-state index contributed by atoms with van der Waals surface area (Å²) in [5, 5.41) is 11.5. The van der Waals surface area contributed by atoms with E-state index >= 15 is 0 Å². The fraction of sp³-hybridized carbons (Fsp3) is 0.875. The van der Waals surface area contributed by atoms with Gasteiger partial charge >= 0.3 is 0 Å². The third-order valence-electron chi connectivity index (χ3n) is 1.68. The summed E-state index contributed by atoms with van der Waals surface area (Å²) in [6, 6.07) is 0. The highest BCUT2D eigenvalue weighted by molar-refractivity contribution is 5.82. The second-order valence-electron chi connectivity index (χ2n) is 3.65. The molecule has 0 aliphatic carbocycles. The lowest BCUT2D eigenvalue weighted by Crippen LogP contribution is -2.43. The molecule has 0 unspecified atom stereocenters. The van der Waals surface area contributed by atoms with Crippen molar-refractivity contribution in [3.8, 4) is 0 Å². The van der Waals surface area contributed by atoms with Crippen LogP contribution in [0.3, 0.4) is 0 Å². The van der Waals surface area contributed by atoms with E-state index < -0.39 is 11.5 Å². The number of amides is 1. The molecule has 0 saturated heterocycles. The standard InChI is InChI=1S/C8H18N2O2/c1-6(11)4-10-7(12)8(2,3)5-9/h6,11H,4-5,9H2,1-3H3,(H,10,12)/t6-/m0/s1. The summed E-state index contributed by atoms with van der Waals surface area (Å²) >= 11 is 0. The molecule has 4 N–H and O–H groups in total. The van der Waals surface area contributed by atoms with E-state index in [1.54, 1.807) is 20.8 Å². The molecule has 1 amide bonds. The van der Waals surface area contributed by atoms with Crippen molar-refractivity contribution in [3.05, 3.63) is 0 Å². The highest BCUT2D eigenvalue weighted by Crippen LogP contribution is 2.11. The molecule has 0 fully saturated rings. The molecule has 72 valence electrons. The number of carbonyl (C=O) groups is 1. The third kappa shape index (κ3) is 3.69. The lowest BCUT2D eigenvalue weighted by molar-refractivity contribution is -0.129. The number of aliphatic hydroxyl groups excluding tert-OH is 1. The van der Waals surface area contributed by atoms with Crippen LogP contribution < -0.4 is 11.1 Å². The van der Waals surface area contributed by atoms with Crippen molar-refractivity contribution in [1.82, 2.24) is 5.32 Å². The Morgan fingerprint density at radius 2 is 2.17 bits per heavy atom. The Bertz CT molecular complexity index is 155. The van der Waals surface area contributed by atoms with Crippen LogP contribution in [0.25, 0.3) is 0 Å². The van der Waals surface area contributed by atoms with Crippen LogP contribution in [0.4, 0.5) is 0 Å². The van der Waals surface area contributed by atoms with Crippen molar-refractivity contribution in [3.63, 3.8) is 0 Å².